The maximum absolute atomic E-state index is 5.58. The minimum Gasteiger partial charge on any atom is -0.379 e. The smallest absolute Gasteiger partial charge is 0.0518 e. The fourth-order valence-electron chi connectivity index (χ4n) is 3.25. The van der Waals surface area contributed by atoms with E-state index in [1.165, 1.54) is 38.5 Å². The van der Waals surface area contributed by atoms with Crippen LogP contribution in [0.5, 0.6) is 0 Å². The molecule has 0 amide bonds. The Hall–Kier alpha value is -0.0800. The quantitative estimate of drug-likeness (QED) is 0.692. The van der Waals surface area contributed by atoms with E-state index >= 15 is 0 Å². The molecule has 19 heavy (non-hydrogen) atoms. The van der Waals surface area contributed by atoms with Gasteiger partial charge in [0.15, 0.2) is 0 Å². The standard InChI is InChI=1S/C17H35NO/c1-14(2)19-13-9-8-12-18-16-11-7-6-10-15(16)17(3,4)5/h14-16,18H,6-13H2,1-5H3. The molecule has 2 atom stereocenters. The van der Waals surface area contributed by atoms with Gasteiger partial charge in [0.1, 0.15) is 0 Å². The van der Waals surface area contributed by atoms with Gasteiger partial charge < -0.3 is 10.1 Å². The van der Waals surface area contributed by atoms with Crippen LogP contribution in [0.2, 0.25) is 0 Å². The molecule has 1 fully saturated rings. The summed E-state index contributed by atoms with van der Waals surface area (Å²) in [6.45, 7) is 13.5. The molecule has 1 rings (SSSR count). The van der Waals surface area contributed by atoms with Crippen molar-refractivity contribution in [2.45, 2.75) is 85.3 Å². The topological polar surface area (TPSA) is 21.3 Å². The van der Waals surface area contributed by atoms with Crippen molar-refractivity contribution in [3.05, 3.63) is 0 Å². The summed E-state index contributed by atoms with van der Waals surface area (Å²) >= 11 is 0. The normalized spacial score (nSPS) is 24.9. The summed E-state index contributed by atoms with van der Waals surface area (Å²) in [4.78, 5) is 0. The maximum atomic E-state index is 5.58. The monoisotopic (exact) mass is 269 g/mol. The van der Waals surface area contributed by atoms with Crippen LogP contribution in [0.1, 0.15) is 73.1 Å². The average Bonchev–Trinajstić information content (AvgIpc) is 2.32. The Balaban J connectivity index is 2.19. The molecular formula is C17H35NO. The highest BCUT2D eigenvalue weighted by Gasteiger charge is 2.33. The minimum absolute atomic E-state index is 0.372. The van der Waals surface area contributed by atoms with Crippen molar-refractivity contribution in [3.63, 3.8) is 0 Å². The second-order valence-electron chi connectivity index (χ2n) is 7.44. The first-order chi connectivity index (χ1) is 8.91. The molecule has 0 aromatic rings. The number of rotatable bonds is 7. The van der Waals surface area contributed by atoms with Crippen LogP contribution < -0.4 is 5.32 Å². The highest BCUT2D eigenvalue weighted by molar-refractivity contribution is 4.88. The molecule has 2 nitrogen and oxygen atoms in total. The van der Waals surface area contributed by atoms with Crippen LogP contribution in [0, 0.1) is 11.3 Å². The van der Waals surface area contributed by atoms with Crippen molar-refractivity contribution in [2.24, 2.45) is 11.3 Å². The Morgan fingerprint density at radius 1 is 1.11 bits per heavy atom. The van der Waals surface area contributed by atoms with Crippen molar-refractivity contribution < 1.29 is 4.74 Å². The summed E-state index contributed by atoms with van der Waals surface area (Å²) in [5, 5.41) is 3.81. The van der Waals surface area contributed by atoms with Crippen LogP contribution in [0.4, 0.5) is 0 Å². The number of unbranched alkanes of at least 4 members (excludes halogenated alkanes) is 1. The molecule has 0 saturated heterocycles. The van der Waals surface area contributed by atoms with Gasteiger partial charge in [0.25, 0.3) is 0 Å². The van der Waals surface area contributed by atoms with E-state index in [0.29, 0.717) is 11.5 Å². The number of nitrogens with one attached hydrogen (secondary N) is 1. The lowest BCUT2D eigenvalue weighted by atomic mass is 9.69. The molecular weight excluding hydrogens is 234 g/mol. The van der Waals surface area contributed by atoms with Gasteiger partial charge in [-0.05, 0) is 57.4 Å². The lowest BCUT2D eigenvalue weighted by molar-refractivity contribution is 0.0751. The third-order valence-corrected chi connectivity index (χ3v) is 4.31. The number of hydrogen-bond donors (Lipinski definition) is 1. The SMILES string of the molecule is CC(C)OCCCCNC1CCCCC1C(C)(C)C. The van der Waals surface area contributed by atoms with Gasteiger partial charge in [-0.1, -0.05) is 33.6 Å². The molecule has 0 aromatic heterocycles. The zero-order chi connectivity index (χ0) is 14.3. The summed E-state index contributed by atoms with van der Waals surface area (Å²) in [6.07, 6.45) is 8.38. The fourth-order valence-corrected chi connectivity index (χ4v) is 3.25. The lowest BCUT2D eigenvalue weighted by Crippen LogP contribution is -2.44. The van der Waals surface area contributed by atoms with Crippen LogP contribution in [0.15, 0.2) is 0 Å². The molecule has 1 aliphatic carbocycles. The van der Waals surface area contributed by atoms with Crippen LogP contribution in [-0.2, 0) is 4.74 Å². The van der Waals surface area contributed by atoms with Gasteiger partial charge in [-0.25, -0.2) is 0 Å². The van der Waals surface area contributed by atoms with Crippen molar-refractivity contribution >= 4 is 0 Å². The molecule has 1 N–H and O–H groups in total. The first kappa shape index (κ1) is 17.0. The highest BCUT2D eigenvalue weighted by atomic mass is 16.5. The molecule has 0 bridgehead atoms. The molecule has 0 radical (unpaired) electrons. The summed E-state index contributed by atoms with van der Waals surface area (Å²) in [5.41, 5.74) is 0.443. The lowest BCUT2D eigenvalue weighted by Gasteiger charge is -2.41. The number of hydrogen-bond acceptors (Lipinski definition) is 2. The van der Waals surface area contributed by atoms with Gasteiger partial charge in [-0.3, -0.25) is 0 Å². The van der Waals surface area contributed by atoms with E-state index in [-0.39, 0.29) is 0 Å². The molecule has 0 spiro atoms. The summed E-state index contributed by atoms with van der Waals surface area (Å²) in [6, 6.07) is 0.736. The second-order valence-corrected chi connectivity index (χ2v) is 7.44. The predicted octanol–water partition coefficient (Wildman–Crippen LogP) is 4.39. The van der Waals surface area contributed by atoms with Crippen molar-refractivity contribution in [2.75, 3.05) is 13.2 Å². The van der Waals surface area contributed by atoms with Gasteiger partial charge in [-0.2, -0.15) is 0 Å². The van der Waals surface area contributed by atoms with E-state index in [4.69, 9.17) is 4.74 Å². The minimum atomic E-state index is 0.372. The molecule has 114 valence electrons. The van der Waals surface area contributed by atoms with Crippen molar-refractivity contribution in [1.82, 2.24) is 5.32 Å². The van der Waals surface area contributed by atoms with E-state index in [9.17, 15) is 0 Å². The Kier molecular flexibility index (Phi) is 7.38. The predicted molar refractivity (Wildman–Crippen MR) is 83.5 cm³/mol. The molecule has 0 heterocycles. The molecule has 2 unspecified atom stereocenters. The largest absolute Gasteiger partial charge is 0.379 e. The summed E-state index contributed by atoms with van der Waals surface area (Å²) in [5.74, 6) is 0.841. The van der Waals surface area contributed by atoms with Crippen LogP contribution in [-0.4, -0.2) is 25.3 Å². The van der Waals surface area contributed by atoms with E-state index in [1.807, 2.05) is 0 Å². The molecule has 0 aromatic carbocycles. The highest BCUT2D eigenvalue weighted by Crippen LogP contribution is 2.37. The summed E-state index contributed by atoms with van der Waals surface area (Å²) in [7, 11) is 0. The van der Waals surface area contributed by atoms with E-state index in [2.05, 4.69) is 39.9 Å². The van der Waals surface area contributed by atoms with Gasteiger partial charge in [-0.15, -0.1) is 0 Å². The van der Waals surface area contributed by atoms with Gasteiger partial charge in [0, 0.05) is 12.6 Å². The molecule has 1 saturated carbocycles. The Morgan fingerprint density at radius 2 is 1.79 bits per heavy atom. The van der Waals surface area contributed by atoms with Gasteiger partial charge >= 0.3 is 0 Å². The molecule has 1 aliphatic rings. The Morgan fingerprint density at radius 3 is 2.42 bits per heavy atom. The first-order valence-corrected chi connectivity index (χ1v) is 8.26. The molecule has 0 aliphatic heterocycles. The third-order valence-electron chi connectivity index (χ3n) is 4.31. The zero-order valence-corrected chi connectivity index (χ0v) is 13.8. The van der Waals surface area contributed by atoms with E-state index in [0.717, 1.165) is 25.1 Å². The molecule has 2 heteroatoms. The van der Waals surface area contributed by atoms with Gasteiger partial charge in [0.05, 0.1) is 6.10 Å². The average molecular weight is 269 g/mol. The van der Waals surface area contributed by atoms with E-state index in [1.54, 1.807) is 0 Å². The Labute approximate surface area is 120 Å². The summed E-state index contributed by atoms with van der Waals surface area (Å²) < 4.78 is 5.58. The third kappa shape index (κ3) is 6.76. The fraction of sp³-hybridized carbons (Fsp3) is 1.00. The van der Waals surface area contributed by atoms with Crippen LogP contribution >= 0.6 is 0 Å². The first-order valence-electron chi connectivity index (χ1n) is 8.26. The van der Waals surface area contributed by atoms with Crippen LogP contribution in [0.3, 0.4) is 0 Å². The van der Waals surface area contributed by atoms with Crippen molar-refractivity contribution in [1.29, 1.82) is 0 Å². The zero-order valence-electron chi connectivity index (χ0n) is 13.8. The maximum Gasteiger partial charge on any atom is 0.0518 e. The second kappa shape index (κ2) is 8.26. The van der Waals surface area contributed by atoms with Gasteiger partial charge in [0.2, 0.25) is 0 Å². The number of ether oxygens (including phenoxy) is 1. The van der Waals surface area contributed by atoms with Crippen LogP contribution in [0.25, 0.3) is 0 Å². The Bertz CT molecular complexity index is 232. The van der Waals surface area contributed by atoms with E-state index < -0.39 is 0 Å². The van der Waals surface area contributed by atoms with Crippen molar-refractivity contribution in [3.8, 4) is 0 Å².